The number of thioether (sulfide) groups is 2. The van der Waals surface area contributed by atoms with Crippen LogP contribution in [0.5, 0.6) is 5.75 Å². The number of rotatable bonds is 8. The lowest BCUT2D eigenvalue weighted by Gasteiger charge is -2.10. The molecule has 3 nitrogen and oxygen atoms in total. The minimum Gasteiger partial charge on any atom is -0.495 e. The van der Waals surface area contributed by atoms with Gasteiger partial charge in [-0.15, -0.1) is 11.8 Å². The molecular formula is C18H20ClNO2S2. The fourth-order valence-electron chi connectivity index (χ4n) is 2.07. The Bertz CT molecular complexity index is 677. The van der Waals surface area contributed by atoms with Crippen molar-refractivity contribution in [2.24, 2.45) is 0 Å². The maximum Gasteiger partial charge on any atom is 0.225 e. The van der Waals surface area contributed by atoms with Gasteiger partial charge in [-0.25, -0.2) is 0 Å². The highest BCUT2D eigenvalue weighted by Crippen LogP contribution is 2.28. The van der Waals surface area contributed by atoms with Gasteiger partial charge in [-0.05, 0) is 42.2 Å². The number of hydrogen-bond donors (Lipinski definition) is 1. The molecule has 0 heterocycles. The van der Waals surface area contributed by atoms with Crippen LogP contribution in [-0.4, -0.2) is 25.0 Å². The van der Waals surface area contributed by atoms with Crippen LogP contribution >= 0.6 is 35.1 Å². The van der Waals surface area contributed by atoms with E-state index in [-0.39, 0.29) is 5.91 Å². The number of benzene rings is 2. The second-order valence-corrected chi connectivity index (χ2v) is 7.46. The van der Waals surface area contributed by atoms with Gasteiger partial charge in [0.2, 0.25) is 5.91 Å². The molecule has 0 bridgehead atoms. The minimum absolute atomic E-state index is 0.0409. The Morgan fingerprint density at radius 1 is 1.21 bits per heavy atom. The van der Waals surface area contributed by atoms with Gasteiger partial charge in [-0.2, -0.15) is 11.8 Å². The molecule has 0 saturated heterocycles. The number of amides is 1. The van der Waals surface area contributed by atoms with Crippen LogP contribution in [0.3, 0.4) is 0 Å². The molecule has 0 aromatic heterocycles. The van der Waals surface area contributed by atoms with Crippen molar-refractivity contribution < 1.29 is 9.53 Å². The molecular weight excluding hydrogens is 362 g/mol. The third-order valence-electron chi connectivity index (χ3n) is 3.34. The molecule has 0 saturated carbocycles. The number of carbonyl (C=O) groups excluding carboxylic acids is 1. The largest absolute Gasteiger partial charge is 0.495 e. The summed E-state index contributed by atoms with van der Waals surface area (Å²) in [5, 5.41) is 3.42. The second kappa shape index (κ2) is 9.87. The molecule has 0 aliphatic heterocycles. The summed E-state index contributed by atoms with van der Waals surface area (Å²) in [6, 6.07) is 13.7. The lowest BCUT2D eigenvalue weighted by molar-refractivity contribution is -0.115. The van der Waals surface area contributed by atoms with E-state index >= 15 is 0 Å². The smallest absolute Gasteiger partial charge is 0.225 e. The van der Waals surface area contributed by atoms with Gasteiger partial charge in [0.25, 0.3) is 0 Å². The van der Waals surface area contributed by atoms with E-state index in [1.165, 1.54) is 10.5 Å². The molecule has 0 atom stereocenters. The van der Waals surface area contributed by atoms with Gasteiger partial charge in [0, 0.05) is 27.8 Å². The zero-order valence-electron chi connectivity index (χ0n) is 13.7. The number of nitrogens with one attached hydrogen (secondary N) is 1. The highest BCUT2D eigenvalue weighted by Gasteiger charge is 2.08. The zero-order chi connectivity index (χ0) is 17.4. The summed E-state index contributed by atoms with van der Waals surface area (Å²) in [5.41, 5.74) is 1.88. The van der Waals surface area contributed by atoms with Crippen LogP contribution in [0.1, 0.15) is 12.0 Å². The molecule has 6 heteroatoms. The Labute approximate surface area is 156 Å². The maximum atomic E-state index is 12.1. The van der Waals surface area contributed by atoms with Gasteiger partial charge in [0.05, 0.1) is 12.8 Å². The summed E-state index contributed by atoms with van der Waals surface area (Å²) in [4.78, 5) is 13.3. The molecule has 0 spiro atoms. The normalized spacial score (nSPS) is 10.5. The highest BCUT2D eigenvalue weighted by atomic mass is 35.5. The van der Waals surface area contributed by atoms with Crippen molar-refractivity contribution in [2.45, 2.75) is 17.1 Å². The number of methoxy groups -OCH3 is 1. The van der Waals surface area contributed by atoms with Crippen molar-refractivity contribution in [3.8, 4) is 5.75 Å². The quantitative estimate of drug-likeness (QED) is 0.495. The molecule has 2 aromatic rings. The lowest BCUT2D eigenvalue weighted by Crippen LogP contribution is -2.13. The van der Waals surface area contributed by atoms with Crippen LogP contribution in [0.2, 0.25) is 5.02 Å². The van der Waals surface area contributed by atoms with E-state index in [4.69, 9.17) is 16.3 Å². The highest BCUT2D eigenvalue weighted by molar-refractivity contribution is 7.98. The second-order valence-electron chi connectivity index (χ2n) is 5.04. The van der Waals surface area contributed by atoms with Crippen molar-refractivity contribution in [1.29, 1.82) is 0 Å². The lowest BCUT2D eigenvalue weighted by atomic mass is 10.2. The Balaban J connectivity index is 1.76. The van der Waals surface area contributed by atoms with Gasteiger partial charge < -0.3 is 10.1 Å². The van der Waals surface area contributed by atoms with Crippen LogP contribution in [0.4, 0.5) is 5.69 Å². The molecule has 128 valence electrons. The molecule has 24 heavy (non-hydrogen) atoms. The minimum atomic E-state index is -0.0409. The maximum absolute atomic E-state index is 12.1. The number of ether oxygens (including phenoxy) is 1. The average molecular weight is 382 g/mol. The first-order valence-corrected chi connectivity index (χ1v) is 10.2. The van der Waals surface area contributed by atoms with E-state index in [1.807, 2.05) is 0 Å². The van der Waals surface area contributed by atoms with Crippen molar-refractivity contribution in [3.05, 3.63) is 53.1 Å². The molecule has 2 rings (SSSR count). The molecule has 1 amide bonds. The first kappa shape index (κ1) is 19.0. The van der Waals surface area contributed by atoms with E-state index in [0.717, 1.165) is 11.5 Å². The summed E-state index contributed by atoms with van der Waals surface area (Å²) in [5.74, 6) is 2.23. The third kappa shape index (κ3) is 5.96. The van der Waals surface area contributed by atoms with Gasteiger partial charge in [-0.1, -0.05) is 23.7 Å². The fraction of sp³-hybridized carbons (Fsp3) is 0.278. The molecule has 0 radical (unpaired) electrons. The van der Waals surface area contributed by atoms with Gasteiger partial charge in [0.15, 0.2) is 0 Å². The summed E-state index contributed by atoms with van der Waals surface area (Å²) >= 11 is 9.44. The van der Waals surface area contributed by atoms with Crippen LogP contribution < -0.4 is 10.1 Å². The summed E-state index contributed by atoms with van der Waals surface area (Å²) in [7, 11) is 1.57. The third-order valence-corrected chi connectivity index (χ3v) is 5.35. The van der Waals surface area contributed by atoms with E-state index in [1.54, 1.807) is 48.8 Å². The monoisotopic (exact) mass is 381 g/mol. The van der Waals surface area contributed by atoms with Crippen molar-refractivity contribution >= 4 is 46.7 Å². The predicted octanol–water partition coefficient (Wildman–Crippen LogP) is 5.33. The van der Waals surface area contributed by atoms with Gasteiger partial charge in [0.1, 0.15) is 5.75 Å². The molecule has 0 aliphatic carbocycles. The Hall–Kier alpha value is -1.30. The first-order chi connectivity index (χ1) is 11.6. The SMILES string of the molecule is COc1ccc(Cl)cc1NC(=O)CCSCc1ccc(SC)cc1. The number of anilines is 1. The van der Waals surface area contributed by atoms with Crippen LogP contribution in [-0.2, 0) is 10.5 Å². The van der Waals surface area contributed by atoms with Crippen LogP contribution in [0, 0.1) is 0 Å². The number of carbonyl (C=O) groups is 1. The average Bonchev–Trinajstić information content (AvgIpc) is 2.59. The molecule has 1 N–H and O–H groups in total. The Morgan fingerprint density at radius 2 is 1.96 bits per heavy atom. The van der Waals surface area contributed by atoms with E-state index in [0.29, 0.717) is 22.9 Å². The predicted molar refractivity (Wildman–Crippen MR) is 106 cm³/mol. The molecule has 2 aromatic carbocycles. The number of halogens is 1. The van der Waals surface area contributed by atoms with Crippen molar-refractivity contribution in [2.75, 3.05) is 24.4 Å². The van der Waals surface area contributed by atoms with Crippen molar-refractivity contribution in [3.63, 3.8) is 0 Å². The standard InChI is InChI=1S/C18H20ClNO2S2/c1-22-17-8-5-14(19)11-16(17)20-18(21)9-10-24-12-13-3-6-15(23-2)7-4-13/h3-8,11H,9-10,12H2,1-2H3,(H,20,21). The first-order valence-electron chi connectivity index (χ1n) is 7.46. The Kier molecular flexibility index (Phi) is 7.82. The molecule has 0 unspecified atom stereocenters. The zero-order valence-corrected chi connectivity index (χ0v) is 16.1. The van der Waals surface area contributed by atoms with Crippen LogP contribution in [0.15, 0.2) is 47.4 Å². The van der Waals surface area contributed by atoms with E-state index in [9.17, 15) is 4.79 Å². The van der Waals surface area contributed by atoms with Gasteiger partial charge in [-0.3, -0.25) is 4.79 Å². The van der Waals surface area contributed by atoms with Crippen molar-refractivity contribution in [1.82, 2.24) is 0 Å². The van der Waals surface area contributed by atoms with Gasteiger partial charge >= 0.3 is 0 Å². The topological polar surface area (TPSA) is 38.3 Å². The summed E-state index contributed by atoms with van der Waals surface area (Å²) in [6.45, 7) is 0. The van der Waals surface area contributed by atoms with Crippen LogP contribution in [0.25, 0.3) is 0 Å². The fourth-order valence-corrected chi connectivity index (χ4v) is 3.55. The molecule has 0 fully saturated rings. The summed E-state index contributed by atoms with van der Waals surface area (Å²) in [6.07, 6.45) is 2.51. The van der Waals surface area contributed by atoms with E-state index in [2.05, 4.69) is 35.8 Å². The summed E-state index contributed by atoms with van der Waals surface area (Å²) < 4.78 is 5.22. The van der Waals surface area contributed by atoms with E-state index < -0.39 is 0 Å². The number of hydrogen-bond acceptors (Lipinski definition) is 4. The Morgan fingerprint density at radius 3 is 2.62 bits per heavy atom. The molecule has 0 aliphatic rings.